The number of anilines is 1. The molecule has 1 aliphatic rings. The maximum absolute atomic E-state index is 12.9. The number of carbonyl (C=O) groups excluding carboxylic acids is 3. The van der Waals surface area contributed by atoms with E-state index in [-0.39, 0.29) is 29.2 Å². The van der Waals surface area contributed by atoms with Crippen LogP contribution in [0.5, 0.6) is 0 Å². The highest BCUT2D eigenvalue weighted by Gasteiger charge is 2.36. The van der Waals surface area contributed by atoms with Gasteiger partial charge < -0.3 is 20.1 Å². The van der Waals surface area contributed by atoms with Gasteiger partial charge in [-0.25, -0.2) is 4.98 Å². The van der Waals surface area contributed by atoms with Gasteiger partial charge in [-0.05, 0) is 31.0 Å². The zero-order chi connectivity index (χ0) is 20.5. The van der Waals surface area contributed by atoms with Crippen LogP contribution in [0.4, 0.5) is 18.9 Å². The van der Waals surface area contributed by atoms with E-state index in [1.54, 1.807) is 4.90 Å². The molecule has 2 aromatic rings. The van der Waals surface area contributed by atoms with Gasteiger partial charge in [0.15, 0.2) is 0 Å². The Bertz CT molecular complexity index is 932. The fourth-order valence-electron chi connectivity index (χ4n) is 3.03. The third-order valence-corrected chi connectivity index (χ3v) is 4.46. The number of nitrogens with zero attached hydrogens (tertiary/aromatic N) is 3. The highest BCUT2D eigenvalue weighted by Crippen LogP contribution is 2.31. The maximum atomic E-state index is 12.9. The first kappa shape index (κ1) is 19.6. The zero-order valence-electron chi connectivity index (χ0n) is 15.0. The van der Waals surface area contributed by atoms with Crippen molar-refractivity contribution >= 4 is 34.4 Å². The van der Waals surface area contributed by atoms with E-state index < -0.39 is 23.8 Å². The van der Waals surface area contributed by atoms with Crippen LogP contribution in [0, 0.1) is 0 Å². The van der Waals surface area contributed by atoms with E-state index in [4.69, 9.17) is 0 Å². The number of hydrogen-bond acceptors (Lipinski definition) is 4. The van der Waals surface area contributed by atoms with Gasteiger partial charge in [-0.3, -0.25) is 14.4 Å². The molecule has 150 valence electrons. The number of rotatable bonds is 3. The van der Waals surface area contributed by atoms with Crippen molar-refractivity contribution in [2.75, 3.05) is 25.0 Å². The van der Waals surface area contributed by atoms with E-state index in [0.29, 0.717) is 13.1 Å². The van der Waals surface area contributed by atoms with E-state index in [9.17, 15) is 27.6 Å². The summed E-state index contributed by atoms with van der Waals surface area (Å²) in [6, 6.07) is 3.97. The van der Waals surface area contributed by atoms with Gasteiger partial charge in [0, 0.05) is 25.8 Å². The molecule has 1 fully saturated rings. The predicted octanol–water partition coefficient (Wildman–Crippen LogP) is 1.27. The molecule has 0 radical (unpaired) electrons. The number of amides is 3. The second-order valence-corrected chi connectivity index (χ2v) is 6.42. The minimum Gasteiger partial charge on any atom is -0.341 e. The summed E-state index contributed by atoms with van der Waals surface area (Å²) >= 11 is 0. The number of aromatic nitrogens is 2. The fraction of sp³-hybridized carbons (Fsp3) is 0.412. The van der Waals surface area contributed by atoms with Crippen molar-refractivity contribution in [3.63, 3.8) is 0 Å². The van der Waals surface area contributed by atoms with E-state index in [1.165, 1.54) is 25.2 Å². The zero-order valence-corrected chi connectivity index (χ0v) is 15.0. The Morgan fingerprint density at radius 3 is 2.46 bits per heavy atom. The van der Waals surface area contributed by atoms with Crippen molar-refractivity contribution in [1.82, 2.24) is 19.8 Å². The van der Waals surface area contributed by atoms with Crippen LogP contribution in [0.1, 0.15) is 18.7 Å². The minimum absolute atomic E-state index is 0.0252. The quantitative estimate of drug-likeness (QED) is 0.763. The van der Waals surface area contributed by atoms with Crippen LogP contribution in [0.15, 0.2) is 18.2 Å². The van der Waals surface area contributed by atoms with Crippen molar-refractivity contribution in [3.8, 4) is 0 Å². The van der Waals surface area contributed by atoms with Crippen LogP contribution in [-0.2, 0) is 27.6 Å². The van der Waals surface area contributed by atoms with E-state index in [2.05, 4.69) is 15.6 Å². The Balaban J connectivity index is 1.63. The van der Waals surface area contributed by atoms with Gasteiger partial charge in [-0.2, -0.15) is 13.2 Å². The molecule has 3 rings (SSSR count). The summed E-state index contributed by atoms with van der Waals surface area (Å²) in [6.07, 6.45) is -2.79. The maximum Gasteiger partial charge on any atom is 0.449 e. The fourth-order valence-corrected chi connectivity index (χ4v) is 3.03. The number of aryl methyl sites for hydroxylation is 1. The normalized spacial score (nSPS) is 14.4. The summed E-state index contributed by atoms with van der Waals surface area (Å²) in [7, 11) is 1.24. The summed E-state index contributed by atoms with van der Waals surface area (Å²) in [5, 5.41) is 4.53. The van der Waals surface area contributed by atoms with Crippen molar-refractivity contribution < 1.29 is 27.6 Å². The first-order chi connectivity index (χ1) is 13.2. The van der Waals surface area contributed by atoms with Gasteiger partial charge in [-0.1, -0.05) is 0 Å². The molecule has 2 heterocycles. The lowest BCUT2D eigenvalue weighted by Gasteiger charge is -2.15. The molecule has 0 saturated carbocycles. The molecule has 0 bridgehead atoms. The molecule has 1 aromatic carbocycles. The second-order valence-electron chi connectivity index (χ2n) is 6.42. The smallest absolute Gasteiger partial charge is 0.341 e. The molecule has 3 amide bonds. The van der Waals surface area contributed by atoms with Gasteiger partial charge in [0.05, 0.1) is 17.6 Å². The Morgan fingerprint density at radius 2 is 1.82 bits per heavy atom. The molecular weight excluding hydrogens is 379 g/mol. The van der Waals surface area contributed by atoms with Crippen LogP contribution in [0.25, 0.3) is 11.0 Å². The average Bonchev–Trinajstić information content (AvgIpc) is 3.27. The van der Waals surface area contributed by atoms with Crippen LogP contribution >= 0.6 is 0 Å². The lowest BCUT2D eigenvalue weighted by Crippen LogP contribution is -2.42. The molecule has 8 nitrogen and oxygen atoms in total. The molecular formula is C17H18F3N5O3. The highest BCUT2D eigenvalue weighted by molar-refractivity contribution is 6.39. The molecule has 0 unspecified atom stereocenters. The number of imidazole rings is 1. The summed E-state index contributed by atoms with van der Waals surface area (Å²) in [6.45, 7) is 0.969. The van der Waals surface area contributed by atoms with E-state index in [0.717, 1.165) is 17.4 Å². The van der Waals surface area contributed by atoms with Gasteiger partial charge in [0.2, 0.25) is 11.7 Å². The largest absolute Gasteiger partial charge is 0.449 e. The van der Waals surface area contributed by atoms with Gasteiger partial charge in [0.1, 0.15) is 0 Å². The highest BCUT2D eigenvalue weighted by atomic mass is 19.4. The average molecular weight is 397 g/mol. The summed E-state index contributed by atoms with van der Waals surface area (Å²) in [5.74, 6) is -3.37. The van der Waals surface area contributed by atoms with Crippen LogP contribution in [-0.4, -0.2) is 51.8 Å². The molecule has 11 heteroatoms. The number of alkyl halides is 3. The molecule has 1 saturated heterocycles. The number of hydrogen-bond donors (Lipinski definition) is 2. The van der Waals surface area contributed by atoms with Crippen LogP contribution in [0.3, 0.4) is 0 Å². The lowest BCUT2D eigenvalue weighted by molar-refractivity contribution is -0.146. The Labute approximate surface area is 157 Å². The number of carbonyl (C=O) groups is 3. The van der Waals surface area contributed by atoms with E-state index in [1.807, 2.05) is 0 Å². The van der Waals surface area contributed by atoms with Gasteiger partial charge >= 0.3 is 18.0 Å². The second kappa shape index (κ2) is 7.49. The molecule has 0 spiro atoms. The Morgan fingerprint density at radius 1 is 1.14 bits per heavy atom. The number of halogens is 3. The molecule has 28 heavy (non-hydrogen) atoms. The molecule has 1 aromatic heterocycles. The summed E-state index contributed by atoms with van der Waals surface area (Å²) in [4.78, 5) is 40.8. The topological polar surface area (TPSA) is 96.3 Å². The van der Waals surface area contributed by atoms with E-state index >= 15 is 0 Å². The molecule has 0 atom stereocenters. The Hall–Kier alpha value is -3.11. The van der Waals surface area contributed by atoms with Crippen LogP contribution < -0.4 is 10.6 Å². The SMILES string of the molecule is Cn1c(C(F)(F)F)nc2cc(NC(=O)C(=O)NCC(=O)N3CCCC3)ccc21. The first-order valence-corrected chi connectivity index (χ1v) is 8.57. The third-order valence-electron chi connectivity index (χ3n) is 4.46. The van der Waals surface area contributed by atoms with Gasteiger partial charge in [-0.15, -0.1) is 0 Å². The predicted molar refractivity (Wildman–Crippen MR) is 93.2 cm³/mol. The summed E-state index contributed by atoms with van der Waals surface area (Å²) in [5.41, 5.74) is 0.369. The van der Waals surface area contributed by atoms with Crippen molar-refractivity contribution in [2.45, 2.75) is 19.0 Å². The number of fused-ring (bicyclic) bond motifs is 1. The molecule has 0 aliphatic carbocycles. The van der Waals surface area contributed by atoms with Gasteiger partial charge in [0.25, 0.3) is 0 Å². The molecule has 2 N–H and O–H groups in total. The number of nitrogens with one attached hydrogen (secondary N) is 2. The Kier molecular flexibility index (Phi) is 5.25. The standard InChI is InChI=1S/C17H18F3N5O3/c1-24-12-5-4-10(8-11(12)23-16(24)17(18,19)20)22-15(28)14(27)21-9-13(26)25-6-2-3-7-25/h4-5,8H,2-3,6-7,9H2,1H3,(H,21,27)(H,22,28). The lowest BCUT2D eigenvalue weighted by atomic mass is 10.2. The molecule has 1 aliphatic heterocycles. The first-order valence-electron chi connectivity index (χ1n) is 8.57. The number of benzene rings is 1. The summed E-state index contributed by atoms with van der Waals surface area (Å²) < 4.78 is 39.7. The van der Waals surface area contributed by atoms with Crippen molar-refractivity contribution in [2.24, 2.45) is 7.05 Å². The third kappa shape index (κ3) is 4.07. The minimum atomic E-state index is -4.61. The monoisotopic (exact) mass is 397 g/mol. The van der Waals surface area contributed by atoms with Crippen molar-refractivity contribution in [1.29, 1.82) is 0 Å². The number of likely N-dealkylation sites (tertiary alicyclic amines) is 1. The van der Waals surface area contributed by atoms with Crippen molar-refractivity contribution in [3.05, 3.63) is 24.0 Å². The van der Waals surface area contributed by atoms with Crippen LogP contribution in [0.2, 0.25) is 0 Å².